The van der Waals surface area contributed by atoms with E-state index in [0.717, 1.165) is 4.90 Å². The van der Waals surface area contributed by atoms with Crippen LogP contribution in [0.3, 0.4) is 0 Å². The molecule has 74 valence electrons. The van der Waals surface area contributed by atoms with Gasteiger partial charge in [-0.15, -0.1) is 47.3 Å². The molecule has 2 rings (SSSR count). The molecule has 0 N–H and O–H groups in total. The molecule has 0 radical (unpaired) electrons. The van der Waals surface area contributed by atoms with Gasteiger partial charge in [-0.1, -0.05) is 0 Å². The Labute approximate surface area is 102 Å². The van der Waals surface area contributed by atoms with Crippen LogP contribution in [0.25, 0.3) is 10.1 Å². The van der Waals surface area contributed by atoms with Crippen LogP contribution < -0.4 is 0 Å². The van der Waals surface area contributed by atoms with Crippen molar-refractivity contribution >= 4 is 57.4 Å². The van der Waals surface area contributed by atoms with Gasteiger partial charge >= 0.3 is 0 Å². The van der Waals surface area contributed by atoms with E-state index in [-0.39, 0.29) is 0 Å². The van der Waals surface area contributed by atoms with Gasteiger partial charge in [0.05, 0.1) is 5.88 Å². The molecule has 0 aliphatic heterocycles. The topological polar surface area (TPSA) is 0 Å². The van der Waals surface area contributed by atoms with Crippen LogP contribution in [0.1, 0.15) is 4.88 Å². The second-order valence-corrected chi connectivity index (χ2v) is 5.67. The van der Waals surface area contributed by atoms with E-state index >= 15 is 0 Å². The zero-order valence-electron chi connectivity index (χ0n) is 7.58. The SMILES string of the molecule is CSc1cc2cc(CCl)sc2cc1S. The van der Waals surface area contributed by atoms with Crippen LogP contribution in [-0.4, -0.2) is 6.26 Å². The normalized spacial score (nSPS) is 11.1. The molecule has 1 aromatic carbocycles. The molecule has 0 spiro atoms. The van der Waals surface area contributed by atoms with Crippen LogP contribution in [0, 0.1) is 0 Å². The number of thiophene rings is 1. The van der Waals surface area contributed by atoms with Crippen molar-refractivity contribution in [3.05, 3.63) is 23.1 Å². The van der Waals surface area contributed by atoms with Gasteiger partial charge in [0.2, 0.25) is 0 Å². The van der Waals surface area contributed by atoms with Crippen molar-refractivity contribution in [3.8, 4) is 0 Å². The summed E-state index contributed by atoms with van der Waals surface area (Å²) >= 11 is 13.7. The number of hydrogen-bond donors (Lipinski definition) is 1. The Morgan fingerprint density at radius 1 is 1.43 bits per heavy atom. The van der Waals surface area contributed by atoms with Crippen LogP contribution in [0.5, 0.6) is 0 Å². The molecule has 0 unspecified atom stereocenters. The first-order valence-corrected chi connectivity index (χ1v) is 7.12. The Kier molecular flexibility index (Phi) is 3.32. The van der Waals surface area contributed by atoms with E-state index in [1.54, 1.807) is 23.1 Å². The zero-order valence-corrected chi connectivity index (χ0v) is 10.9. The number of alkyl halides is 1. The average Bonchev–Trinajstić information content (AvgIpc) is 2.58. The van der Waals surface area contributed by atoms with Gasteiger partial charge in [0.25, 0.3) is 0 Å². The number of benzene rings is 1. The molecule has 0 amide bonds. The Bertz CT molecular complexity index is 462. The lowest BCUT2D eigenvalue weighted by atomic mass is 10.2. The highest BCUT2D eigenvalue weighted by Crippen LogP contribution is 2.34. The molecule has 0 bridgehead atoms. The fourth-order valence-corrected chi connectivity index (χ4v) is 3.58. The van der Waals surface area contributed by atoms with Crippen LogP contribution in [0.15, 0.2) is 28.0 Å². The van der Waals surface area contributed by atoms with Gasteiger partial charge in [-0.05, 0) is 29.8 Å². The predicted octanol–water partition coefficient (Wildman–Crippen LogP) is 4.65. The third kappa shape index (κ3) is 1.91. The van der Waals surface area contributed by atoms with Crippen LogP contribution in [0.2, 0.25) is 0 Å². The Balaban J connectivity index is 2.64. The van der Waals surface area contributed by atoms with Crippen LogP contribution in [0.4, 0.5) is 0 Å². The van der Waals surface area contributed by atoms with Gasteiger partial charge in [0.15, 0.2) is 0 Å². The number of halogens is 1. The molecule has 4 heteroatoms. The Morgan fingerprint density at radius 2 is 2.21 bits per heavy atom. The summed E-state index contributed by atoms with van der Waals surface area (Å²) < 4.78 is 1.27. The summed E-state index contributed by atoms with van der Waals surface area (Å²) in [6.45, 7) is 0. The van der Waals surface area contributed by atoms with Gasteiger partial charge in [-0.2, -0.15) is 0 Å². The number of rotatable bonds is 2. The highest BCUT2D eigenvalue weighted by Gasteiger charge is 2.05. The molecule has 0 nitrogen and oxygen atoms in total. The minimum absolute atomic E-state index is 0.593. The van der Waals surface area contributed by atoms with Crippen molar-refractivity contribution < 1.29 is 0 Å². The van der Waals surface area contributed by atoms with Gasteiger partial charge in [0, 0.05) is 19.4 Å². The van der Waals surface area contributed by atoms with Gasteiger partial charge < -0.3 is 0 Å². The van der Waals surface area contributed by atoms with E-state index in [2.05, 4.69) is 37.1 Å². The summed E-state index contributed by atoms with van der Waals surface area (Å²) in [6, 6.07) is 6.44. The third-order valence-electron chi connectivity index (χ3n) is 2.00. The number of thiol groups is 1. The summed E-state index contributed by atoms with van der Waals surface area (Å²) in [5, 5.41) is 1.27. The molecule has 0 saturated carbocycles. The van der Waals surface area contributed by atoms with E-state index in [1.165, 1.54) is 19.9 Å². The van der Waals surface area contributed by atoms with Crippen molar-refractivity contribution in [2.45, 2.75) is 15.7 Å². The molecule has 0 saturated heterocycles. The zero-order chi connectivity index (χ0) is 10.1. The summed E-state index contributed by atoms with van der Waals surface area (Å²) in [4.78, 5) is 3.49. The molecule has 14 heavy (non-hydrogen) atoms. The minimum Gasteiger partial charge on any atom is -0.142 e. The fraction of sp³-hybridized carbons (Fsp3) is 0.200. The van der Waals surface area contributed by atoms with Crippen molar-refractivity contribution in [2.24, 2.45) is 0 Å². The van der Waals surface area contributed by atoms with E-state index in [4.69, 9.17) is 11.6 Å². The van der Waals surface area contributed by atoms with Crippen LogP contribution >= 0.6 is 47.3 Å². The van der Waals surface area contributed by atoms with Gasteiger partial charge in [-0.3, -0.25) is 0 Å². The third-order valence-corrected chi connectivity index (χ3v) is 4.84. The summed E-state index contributed by atoms with van der Waals surface area (Å²) in [6.07, 6.45) is 2.07. The van der Waals surface area contributed by atoms with Crippen molar-refractivity contribution in [2.75, 3.05) is 6.26 Å². The maximum atomic E-state index is 5.80. The monoisotopic (exact) mass is 260 g/mol. The summed E-state index contributed by atoms with van der Waals surface area (Å²) in [5.74, 6) is 0.593. The van der Waals surface area contributed by atoms with E-state index < -0.39 is 0 Å². The lowest BCUT2D eigenvalue weighted by molar-refractivity contribution is 1.30. The maximum absolute atomic E-state index is 5.80. The average molecular weight is 261 g/mol. The molecule has 1 aromatic heterocycles. The maximum Gasteiger partial charge on any atom is 0.0568 e. The Morgan fingerprint density at radius 3 is 2.86 bits per heavy atom. The van der Waals surface area contributed by atoms with E-state index in [9.17, 15) is 0 Å². The van der Waals surface area contributed by atoms with Crippen molar-refractivity contribution in [1.29, 1.82) is 0 Å². The minimum atomic E-state index is 0.593. The summed E-state index contributed by atoms with van der Waals surface area (Å²) in [7, 11) is 0. The first-order valence-electron chi connectivity index (χ1n) is 4.10. The van der Waals surface area contributed by atoms with E-state index in [1.807, 2.05) is 0 Å². The molecule has 0 aliphatic carbocycles. The number of hydrogen-bond acceptors (Lipinski definition) is 3. The number of thioether (sulfide) groups is 1. The first-order chi connectivity index (χ1) is 6.74. The van der Waals surface area contributed by atoms with Gasteiger partial charge in [-0.25, -0.2) is 0 Å². The lowest BCUT2D eigenvalue weighted by Crippen LogP contribution is -1.73. The van der Waals surface area contributed by atoms with Crippen molar-refractivity contribution in [3.63, 3.8) is 0 Å². The predicted molar refractivity (Wildman–Crippen MR) is 70.4 cm³/mol. The highest BCUT2D eigenvalue weighted by atomic mass is 35.5. The Hall–Kier alpha value is 0.170. The van der Waals surface area contributed by atoms with Gasteiger partial charge in [0.1, 0.15) is 0 Å². The molecule has 0 aliphatic rings. The largest absolute Gasteiger partial charge is 0.142 e. The smallest absolute Gasteiger partial charge is 0.0568 e. The quantitative estimate of drug-likeness (QED) is 0.466. The lowest BCUT2D eigenvalue weighted by Gasteiger charge is -2.00. The first kappa shape index (κ1) is 10.7. The van der Waals surface area contributed by atoms with Crippen molar-refractivity contribution in [1.82, 2.24) is 0 Å². The standard InChI is InChI=1S/C10H9ClS3/c1-13-10-3-6-2-7(5-11)14-9(6)4-8(10)12/h2-4,12H,5H2,1H3. The number of fused-ring (bicyclic) bond motifs is 1. The molecular weight excluding hydrogens is 252 g/mol. The van der Waals surface area contributed by atoms with E-state index in [0.29, 0.717) is 5.88 Å². The molecular formula is C10H9ClS3. The highest BCUT2D eigenvalue weighted by molar-refractivity contribution is 7.99. The molecule has 2 aromatic rings. The molecule has 0 atom stereocenters. The molecule has 1 heterocycles. The van der Waals surface area contributed by atoms with Crippen LogP contribution in [-0.2, 0) is 5.88 Å². The summed E-state index contributed by atoms with van der Waals surface area (Å²) in [5.41, 5.74) is 0. The second kappa shape index (κ2) is 4.35. The second-order valence-electron chi connectivity index (χ2n) is 2.91. The fourth-order valence-electron chi connectivity index (χ4n) is 1.34. The molecule has 0 fully saturated rings.